The summed E-state index contributed by atoms with van der Waals surface area (Å²) in [7, 11) is 2.15. The molecule has 1 aliphatic heterocycles. The van der Waals surface area contributed by atoms with Gasteiger partial charge in [0, 0.05) is 37.7 Å². The molecule has 0 aliphatic carbocycles. The zero-order chi connectivity index (χ0) is 25.6. The van der Waals surface area contributed by atoms with Crippen LogP contribution in [0.4, 0.5) is 11.5 Å². The average Bonchev–Trinajstić information content (AvgIpc) is 3.35. The molecule has 2 heterocycles. The number of nitrogen functional groups attached to an aromatic ring is 1. The normalized spacial score (nSPS) is 17.2. The van der Waals surface area contributed by atoms with Crippen LogP contribution < -0.4 is 21.6 Å². The number of para-hydroxylation sites is 1. The molecule has 0 spiro atoms. The van der Waals surface area contributed by atoms with Crippen LogP contribution in [0.3, 0.4) is 0 Å². The Hall–Kier alpha value is -2.56. The lowest BCUT2D eigenvalue weighted by molar-refractivity contribution is -0.147. The minimum atomic E-state index is -0.446. The summed E-state index contributed by atoms with van der Waals surface area (Å²) in [5, 5.41) is 3.46. The Morgan fingerprint density at radius 1 is 1.17 bits per heavy atom. The van der Waals surface area contributed by atoms with Crippen molar-refractivity contribution in [2.24, 2.45) is 0 Å². The van der Waals surface area contributed by atoms with Crippen molar-refractivity contribution in [2.75, 3.05) is 49.7 Å². The van der Waals surface area contributed by atoms with Gasteiger partial charge in [0.25, 0.3) is 0 Å². The number of thioether (sulfide) groups is 1. The smallest absolute Gasteiger partial charge is 0.351 e. The number of nitrogens with two attached hydrogens (primary N) is 1. The zero-order valence-corrected chi connectivity index (χ0v) is 22.0. The van der Waals surface area contributed by atoms with Crippen LogP contribution >= 0.6 is 11.8 Å². The van der Waals surface area contributed by atoms with Crippen LogP contribution in [0.15, 0.2) is 47.4 Å². The number of rotatable bonds is 16. The van der Waals surface area contributed by atoms with Gasteiger partial charge in [-0.2, -0.15) is 4.98 Å². The first-order chi connectivity index (χ1) is 17.5. The molecule has 0 radical (unpaired) electrons. The van der Waals surface area contributed by atoms with E-state index in [1.165, 1.54) is 47.7 Å². The van der Waals surface area contributed by atoms with E-state index in [0.29, 0.717) is 12.2 Å². The summed E-state index contributed by atoms with van der Waals surface area (Å²) in [6.45, 7) is 3.19. The molecule has 1 fully saturated rings. The van der Waals surface area contributed by atoms with E-state index < -0.39 is 11.9 Å². The zero-order valence-electron chi connectivity index (χ0n) is 21.1. The highest BCUT2D eigenvalue weighted by molar-refractivity contribution is 8.00. The van der Waals surface area contributed by atoms with E-state index >= 15 is 0 Å². The van der Waals surface area contributed by atoms with Gasteiger partial charge < -0.3 is 25.4 Å². The predicted octanol–water partition coefficient (Wildman–Crippen LogP) is 3.41. The third kappa shape index (κ3) is 9.83. The maximum Gasteiger partial charge on any atom is 0.351 e. The Kier molecular flexibility index (Phi) is 12.1. The molecule has 3 N–H and O–H groups in total. The van der Waals surface area contributed by atoms with E-state index in [9.17, 15) is 9.59 Å². The molecular weight excluding hydrogens is 478 g/mol. The molecule has 0 bridgehead atoms. The molecule has 9 nitrogen and oxygen atoms in total. The number of ether oxygens (including phenoxy) is 2. The topological polar surface area (TPSA) is 112 Å². The third-order valence-corrected chi connectivity index (χ3v) is 7.15. The van der Waals surface area contributed by atoms with Crippen LogP contribution in [0.1, 0.15) is 51.2 Å². The number of hydrogen-bond acceptors (Lipinski definition) is 9. The van der Waals surface area contributed by atoms with E-state index in [4.69, 9.17) is 15.2 Å². The fourth-order valence-electron chi connectivity index (χ4n) is 3.96. The average molecular weight is 518 g/mol. The fraction of sp³-hybridized carbons (Fsp3) is 0.577. The van der Waals surface area contributed by atoms with E-state index in [-0.39, 0.29) is 23.8 Å². The van der Waals surface area contributed by atoms with Gasteiger partial charge in [0.2, 0.25) is 0 Å². The summed E-state index contributed by atoms with van der Waals surface area (Å²) < 4.78 is 12.6. The van der Waals surface area contributed by atoms with Crippen LogP contribution in [-0.4, -0.2) is 60.0 Å². The van der Waals surface area contributed by atoms with Crippen molar-refractivity contribution in [1.29, 1.82) is 0 Å². The van der Waals surface area contributed by atoms with Gasteiger partial charge in [0.15, 0.2) is 0 Å². The fourth-order valence-corrected chi connectivity index (χ4v) is 4.95. The molecule has 198 valence electrons. The van der Waals surface area contributed by atoms with Gasteiger partial charge in [-0.15, -0.1) is 11.8 Å². The lowest BCUT2D eigenvalue weighted by Crippen LogP contribution is -2.29. The molecule has 1 aromatic heterocycles. The van der Waals surface area contributed by atoms with Gasteiger partial charge in [-0.1, -0.05) is 31.0 Å². The second-order valence-corrected chi connectivity index (χ2v) is 10.1. The monoisotopic (exact) mass is 517 g/mol. The van der Waals surface area contributed by atoms with E-state index in [1.54, 1.807) is 12.3 Å². The SMILES string of the molecule is CN(CCCCCCNCCCCC(=O)OCC1OC(n2ccc(N)nc2=O)CS1)c1ccccc1. The van der Waals surface area contributed by atoms with Crippen molar-refractivity contribution in [3.05, 3.63) is 53.1 Å². The molecule has 10 heteroatoms. The van der Waals surface area contributed by atoms with Crippen molar-refractivity contribution in [3.63, 3.8) is 0 Å². The van der Waals surface area contributed by atoms with Gasteiger partial charge in [-0.05, 0) is 57.0 Å². The van der Waals surface area contributed by atoms with Crippen molar-refractivity contribution >= 4 is 29.2 Å². The van der Waals surface area contributed by atoms with E-state index in [0.717, 1.165) is 32.5 Å². The molecule has 36 heavy (non-hydrogen) atoms. The molecule has 2 atom stereocenters. The Balaban J connectivity index is 1.12. The van der Waals surface area contributed by atoms with Gasteiger partial charge in [0.05, 0.1) is 0 Å². The molecule has 3 rings (SSSR count). The molecule has 1 saturated heterocycles. The summed E-state index contributed by atoms with van der Waals surface area (Å²) in [5.74, 6) is 0.555. The van der Waals surface area contributed by atoms with Crippen LogP contribution in [0, 0.1) is 0 Å². The van der Waals surface area contributed by atoms with E-state index in [2.05, 4.69) is 46.5 Å². The van der Waals surface area contributed by atoms with Gasteiger partial charge in [-0.25, -0.2) is 4.79 Å². The third-order valence-electron chi connectivity index (χ3n) is 6.05. The molecule has 2 unspecified atom stereocenters. The predicted molar refractivity (Wildman–Crippen MR) is 145 cm³/mol. The molecule has 0 amide bonds. The van der Waals surface area contributed by atoms with Crippen LogP contribution in [-0.2, 0) is 14.3 Å². The lowest BCUT2D eigenvalue weighted by Gasteiger charge is -2.18. The van der Waals surface area contributed by atoms with Crippen molar-refractivity contribution in [3.8, 4) is 0 Å². The maximum absolute atomic E-state index is 12.0. The highest BCUT2D eigenvalue weighted by Crippen LogP contribution is 2.31. The highest BCUT2D eigenvalue weighted by atomic mass is 32.2. The summed E-state index contributed by atoms with van der Waals surface area (Å²) >= 11 is 1.51. The number of nitrogens with zero attached hydrogens (tertiary/aromatic N) is 3. The van der Waals surface area contributed by atoms with Crippen molar-refractivity contribution in [2.45, 2.75) is 56.6 Å². The molecule has 2 aromatic rings. The van der Waals surface area contributed by atoms with Crippen LogP contribution in [0.25, 0.3) is 0 Å². The second-order valence-electron chi connectivity index (χ2n) is 8.96. The standard InChI is InChI=1S/C26H39N5O4S/c1-30(21-11-5-4-6-12-21)17-10-3-2-8-15-28-16-9-7-13-24(32)34-19-25-35-23(20-36-25)31-18-14-22(27)29-26(31)33/h4-6,11-12,14,18,23,25,28H,2-3,7-10,13,15-17,19-20H2,1H3,(H2,27,29,33). The first kappa shape index (κ1) is 28.0. The van der Waals surface area contributed by atoms with Gasteiger partial charge in [-0.3, -0.25) is 9.36 Å². The Bertz CT molecular complexity index is 974. The number of carbonyl (C=O) groups is 1. The Morgan fingerprint density at radius 3 is 2.69 bits per heavy atom. The number of aromatic nitrogens is 2. The number of anilines is 2. The summed E-state index contributed by atoms with van der Waals surface area (Å²) in [4.78, 5) is 30.0. The van der Waals surface area contributed by atoms with Gasteiger partial charge in [0.1, 0.15) is 24.1 Å². The maximum atomic E-state index is 12.0. The molecule has 1 aromatic carbocycles. The second kappa shape index (κ2) is 15.5. The highest BCUT2D eigenvalue weighted by Gasteiger charge is 2.29. The van der Waals surface area contributed by atoms with Crippen LogP contribution in [0.5, 0.6) is 0 Å². The molecule has 1 aliphatic rings. The van der Waals surface area contributed by atoms with Crippen LogP contribution in [0.2, 0.25) is 0 Å². The first-order valence-corrected chi connectivity index (χ1v) is 13.8. The minimum Gasteiger partial charge on any atom is -0.462 e. The van der Waals surface area contributed by atoms with Crippen molar-refractivity contribution < 1.29 is 14.3 Å². The first-order valence-electron chi connectivity index (χ1n) is 12.8. The summed E-state index contributed by atoms with van der Waals surface area (Å²) in [6, 6.07) is 12.1. The Morgan fingerprint density at radius 2 is 1.92 bits per heavy atom. The number of hydrogen-bond donors (Lipinski definition) is 2. The Labute approximate surface area is 217 Å². The number of benzene rings is 1. The number of unbranched alkanes of at least 4 members (excludes halogenated alkanes) is 4. The summed E-state index contributed by atoms with van der Waals surface area (Å²) in [6.07, 6.45) is 8.14. The molecule has 0 saturated carbocycles. The minimum absolute atomic E-state index is 0.177. The van der Waals surface area contributed by atoms with E-state index in [1.807, 2.05) is 6.07 Å². The number of nitrogens with one attached hydrogen (secondary N) is 1. The summed E-state index contributed by atoms with van der Waals surface area (Å²) in [5.41, 5.74) is 6.06. The largest absolute Gasteiger partial charge is 0.462 e. The number of carbonyl (C=O) groups excluding carboxylic acids is 1. The van der Waals surface area contributed by atoms with Crippen molar-refractivity contribution in [1.82, 2.24) is 14.9 Å². The van der Waals surface area contributed by atoms with Gasteiger partial charge >= 0.3 is 11.7 Å². The lowest BCUT2D eigenvalue weighted by atomic mass is 10.2. The quantitative estimate of drug-likeness (QED) is 0.255. The molecular formula is C26H39N5O4S. The number of esters is 1.